The number of pyridine rings is 2. The monoisotopic (exact) mass is 459 g/mol. The Balaban J connectivity index is 1.63. The van der Waals surface area contributed by atoms with E-state index in [9.17, 15) is 13.2 Å². The van der Waals surface area contributed by atoms with Crippen LogP contribution in [-0.4, -0.2) is 54.8 Å². The van der Waals surface area contributed by atoms with Gasteiger partial charge in [0.2, 0.25) is 0 Å². The first kappa shape index (κ1) is 23.7. The summed E-state index contributed by atoms with van der Waals surface area (Å²) in [6.45, 7) is 8.80. The highest BCUT2D eigenvalue weighted by molar-refractivity contribution is 7.90. The minimum Gasteiger partial charge on any atom is -0.485 e. The zero-order valence-electron chi connectivity index (χ0n) is 19.0. The second kappa shape index (κ2) is 9.68. The molecular weight excluding hydrogens is 430 g/mol. The molecule has 1 amide bonds. The number of hydrogen-bond donors (Lipinski definition) is 0. The van der Waals surface area contributed by atoms with E-state index in [-0.39, 0.29) is 29.7 Å². The number of carbonyl (C=O) groups is 1. The van der Waals surface area contributed by atoms with E-state index in [4.69, 9.17) is 9.47 Å². The van der Waals surface area contributed by atoms with Crippen molar-refractivity contribution in [3.05, 3.63) is 53.5 Å². The van der Waals surface area contributed by atoms with E-state index in [2.05, 4.69) is 16.9 Å². The molecule has 0 aliphatic carbocycles. The summed E-state index contributed by atoms with van der Waals surface area (Å²) < 4.78 is 34.3. The van der Waals surface area contributed by atoms with Gasteiger partial charge in [0.15, 0.2) is 14.9 Å². The topological polar surface area (TPSA) is 98.7 Å². The average Bonchev–Trinajstić information content (AvgIpc) is 2.72. The Morgan fingerprint density at radius 2 is 2.00 bits per heavy atom. The lowest BCUT2D eigenvalue weighted by atomic mass is 9.91. The minimum absolute atomic E-state index is 0.0238. The highest BCUT2D eigenvalue weighted by Gasteiger charge is 2.25. The van der Waals surface area contributed by atoms with Crippen molar-refractivity contribution in [3.63, 3.8) is 0 Å². The molecule has 8 nitrogen and oxygen atoms in total. The van der Waals surface area contributed by atoms with Crippen molar-refractivity contribution in [2.45, 2.75) is 45.4 Å². The van der Waals surface area contributed by atoms with Crippen LogP contribution in [0.25, 0.3) is 5.57 Å². The zero-order chi connectivity index (χ0) is 23.5. The van der Waals surface area contributed by atoms with Crippen molar-refractivity contribution >= 4 is 21.5 Å². The fourth-order valence-electron chi connectivity index (χ4n) is 3.46. The van der Waals surface area contributed by atoms with Crippen LogP contribution in [0.3, 0.4) is 0 Å². The number of nitrogens with zero attached hydrogens (tertiary/aromatic N) is 3. The van der Waals surface area contributed by atoms with Crippen LogP contribution in [0.5, 0.6) is 5.75 Å². The molecule has 3 heterocycles. The fourth-order valence-corrected chi connectivity index (χ4v) is 4.08. The molecule has 0 saturated heterocycles. The summed E-state index contributed by atoms with van der Waals surface area (Å²) in [6, 6.07) is 6.94. The number of rotatable bonds is 6. The molecule has 1 aliphatic heterocycles. The number of aryl methyl sites for hydroxylation is 1. The Morgan fingerprint density at radius 1 is 1.25 bits per heavy atom. The van der Waals surface area contributed by atoms with E-state index in [0.717, 1.165) is 23.1 Å². The molecule has 0 aromatic carbocycles. The third kappa shape index (κ3) is 5.85. The summed E-state index contributed by atoms with van der Waals surface area (Å²) in [5.74, 6) is 0.676. The van der Waals surface area contributed by atoms with Gasteiger partial charge in [-0.1, -0.05) is 19.1 Å². The highest BCUT2D eigenvalue weighted by Crippen LogP contribution is 2.28. The summed E-state index contributed by atoms with van der Waals surface area (Å²) in [4.78, 5) is 22.4. The molecule has 9 heteroatoms. The maximum Gasteiger partial charge on any atom is 0.410 e. The molecule has 0 fully saturated rings. The Morgan fingerprint density at radius 3 is 2.56 bits per heavy atom. The summed E-state index contributed by atoms with van der Waals surface area (Å²) in [5, 5.41) is 0.0238. The van der Waals surface area contributed by atoms with Crippen LogP contribution in [0, 0.1) is 12.8 Å². The molecule has 2 aromatic heterocycles. The number of sulfone groups is 1. The van der Waals surface area contributed by atoms with Gasteiger partial charge in [0.25, 0.3) is 0 Å². The third-order valence-electron chi connectivity index (χ3n) is 5.08. The molecule has 1 aliphatic rings. The second-order valence-electron chi connectivity index (χ2n) is 8.23. The van der Waals surface area contributed by atoms with Crippen LogP contribution >= 0.6 is 0 Å². The highest BCUT2D eigenvalue weighted by atomic mass is 32.2. The molecule has 0 spiro atoms. The lowest BCUT2D eigenvalue weighted by Crippen LogP contribution is -2.39. The van der Waals surface area contributed by atoms with Gasteiger partial charge in [-0.3, -0.25) is 4.98 Å². The van der Waals surface area contributed by atoms with E-state index in [0.29, 0.717) is 24.5 Å². The van der Waals surface area contributed by atoms with Crippen LogP contribution in [0.2, 0.25) is 0 Å². The molecule has 3 rings (SSSR count). The number of aromatic nitrogens is 2. The smallest absolute Gasteiger partial charge is 0.410 e. The molecule has 0 N–H and O–H groups in total. The molecule has 0 saturated carbocycles. The molecule has 0 radical (unpaired) electrons. The normalized spacial score (nSPS) is 16.6. The number of hydrogen-bond acceptors (Lipinski definition) is 7. The largest absolute Gasteiger partial charge is 0.485 e. The van der Waals surface area contributed by atoms with Gasteiger partial charge in [-0.25, -0.2) is 18.2 Å². The number of carbonyl (C=O) groups excluding carboxylic acids is 1. The van der Waals surface area contributed by atoms with Crippen LogP contribution in [0.4, 0.5) is 4.79 Å². The Kier molecular flexibility index (Phi) is 7.18. The first-order valence-electron chi connectivity index (χ1n) is 10.5. The molecular formula is C23H29N3O5S. The van der Waals surface area contributed by atoms with Crippen LogP contribution in [-0.2, 0) is 21.2 Å². The average molecular weight is 460 g/mol. The molecule has 32 heavy (non-hydrogen) atoms. The van der Waals surface area contributed by atoms with Crippen LogP contribution in [0.15, 0.2) is 41.6 Å². The number of ether oxygens (including phenoxy) is 2. The van der Waals surface area contributed by atoms with Gasteiger partial charge in [0.05, 0.1) is 17.5 Å². The maximum atomic E-state index is 12.1. The predicted octanol–water partition coefficient (Wildman–Crippen LogP) is 3.65. The van der Waals surface area contributed by atoms with Crippen molar-refractivity contribution in [1.82, 2.24) is 14.9 Å². The fraction of sp³-hybridized carbons (Fsp3) is 0.435. The summed E-state index contributed by atoms with van der Waals surface area (Å²) in [6.07, 6.45) is 4.54. The quantitative estimate of drug-likeness (QED) is 0.650. The van der Waals surface area contributed by atoms with Crippen molar-refractivity contribution in [3.8, 4) is 5.75 Å². The SMILES string of the molecule is Cc1nc(S(C)(=O)=O)ccc1OCc1ccc(C2=CCN(C(=O)OC(C)C)CC2C)cn1. The van der Waals surface area contributed by atoms with E-state index in [1.807, 2.05) is 32.1 Å². The van der Waals surface area contributed by atoms with Gasteiger partial charge in [-0.15, -0.1) is 0 Å². The Labute approximate surface area is 189 Å². The summed E-state index contributed by atoms with van der Waals surface area (Å²) in [7, 11) is -3.36. The van der Waals surface area contributed by atoms with Crippen molar-refractivity contribution < 1.29 is 22.7 Å². The maximum absolute atomic E-state index is 12.1. The van der Waals surface area contributed by atoms with Gasteiger partial charge >= 0.3 is 6.09 Å². The van der Waals surface area contributed by atoms with Crippen LogP contribution in [0.1, 0.15) is 37.7 Å². The van der Waals surface area contributed by atoms with E-state index in [1.165, 1.54) is 6.07 Å². The van der Waals surface area contributed by atoms with E-state index < -0.39 is 9.84 Å². The molecule has 172 valence electrons. The van der Waals surface area contributed by atoms with Gasteiger partial charge in [0, 0.05) is 25.5 Å². The molecule has 1 atom stereocenters. The van der Waals surface area contributed by atoms with Gasteiger partial charge in [0.1, 0.15) is 12.4 Å². The Bertz CT molecular complexity index is 1110. The second-order valence-corrected chi connectivity index (χ2v) is 10.2. The number of amides is 1. The van der Waals surface area contributed by atoms with Crippen molar-refractivity contribution in [1.29, 1.82) is 0 Å². The Hall–Kier alpha value is -2.94. The predicted molar refractivity (Wildman–Crippen MR) is 121 cm³/mol. The van der Waals surface area contributed by atoms with Crippen molar-refractivity contribution in [2.75, 3.05) is 19.3 Å². The van der Waals surface area contributed by atoms with E-state index in [1.54, 1.807) is 24.1 Å². The van der Waals surface area contributed by atoms with Gasteiger partial charge in [-0.05, 0) is 56.0 Å². The van der Waals surface area contributed by atoms with Crippen LogP contribution < -0.4 is 4.74 Å². The molecule has 2 aromatic rings. The first-order valence-corrected chi connectivity index (χ1v) is 12.3. The standard InChI is InChI=1S/C23H29N3O5S/c1-15(2)31-23(27)26-11-10-20(16(3)13-26)18-6-7-19(24-12-18)14-30-21-8-9-22(25-17(21)4)32(5,28)29/h6-10,12,15-16H,11,13-14H2,1-5H3. The summed E-state index contributed by atoms with van der Waals surface area (Å²) in [5.41, 5.74) is 3.40. The zero-order valence-corrected chi connectivity index (χ0v) is 19.8. The van der Waals surface area contributed by atoms with Crippen molar-refractivity contribution in [2.24, 2.45) is 5.92 Å². The third-order valence-corrected chi connectivity index (χ3v) is 6.06. The summed E-state index contributed by atoms with van der Waals surface area (Å²) >= 11 is 0. The lowest BCUT2D eigenvalue weighted by molar-refractivity contribution is 0.0769. The van der Waals surface area contributed by atoms with Gasteiger partial charge in [-0.2, -0.15) is 0 Å². The van der Waals surface area contributed by atoms with E-state index >= 15 is 0 Å². The first-order chi connectivity index (χ1) is 15.0. The lowest BCUT2D eigenvalue weighted by Gasteiger charge is -2.31. The minimum atomic E-state index is -3.36. The molecule has 0 bridgehead atoms. The van der Waals surface area contributed by atoms with Gasteiger partial charge < -0.3 is 14.4 Å². The molecule has 1 unspecified atom stereocenters.